The lowest BCUT2D eigenvalue weighted by molar-refractivity contribution is -0.119. The van der Waals surface area contributed by atoms with Crippen molar-refractivity contribution in [2.75, 3.05) is 5.32 Å². The van der Waals surface area contributed by atoms with Crippen molar-refractivity contribution in [1.82, 2.24) is 4.57 Å². The molecule has 1 amide bonds. The molecule has 1 heterocycles. The lowest BCUT2D eigenvalue weighted by Crippen LogP contribution is -2.33. The van der Waals surface area contributed by atoms with Crippen molar-refractivity contribution in [3.8, 4) is 0 Å². The van der Waals surface area contributed by atoms with Crippen LogP contribution in [0.2, 0.25) is 0 Å². The van der Waals surface area contributed by atoms with E-state index in [4.69, 9.17) is 0 Å². The Balaban J connectivity index is 2.07. The van der Waals surface area contributed by atoms with E-state index in [1.807, 2.05) is 70.2 Å². The zero-order valence-electron chi connectivity index (χ0n) is 15.7. The fourth-order valence-electron chi connectivity index (χ4n) is 3.36. The molecule has 0 spiro atoms. The van der Waals surface area contributed by atoms with Gasteiger partial charge in [-0.1, -0.05) is 37.3 Å². The average Bonchev–Trinajstić information content (AvgIpc) is 2.61. The van der Waals surface area contributed by atoms with E-state index in [1.54, 1.807) is 10.6 Å². The second kappa shape index (κ2) is 7.16. The summed E-state index contributed by atoms with van der Waals surface area (Å²) in [4.78, 5) is 25.7. The SMILES string of the molecule is CCC(C(=O)Nc1cc(C)ccc1C)n1c(=O)cc(C)c2ccccc21. The Kier molecular flexibility index (Phi) is 4.94. The Labute approximate surface area is 153 Å². The maximum atomic E-state index is 13.0. The van der Waals surface area contributed by atoms with Crippen LogP contribution < -0.4 is 10.9 Å². The molecule has 1 unspecified atom stereocenters. The third kappa shape index (κ3) is 3.27. The third-order valence-electron chi connectivity index (χ3n) is 4.82. The number of amides is 1. The summed E-state index contributed by atoms with van der Waals surface area (Å²) < 4.78 is 1.61. The third-order valence-corrected chi connectivity index (χ3v) is 4.82. The minimum absolute atomic E-state index is 0.149. The molecule has 0 saturated carbocycles. The maximum Gasteiger partial charge on any atom is 0.252 e. The molecule has 4 heteroatoms. The molecule has 0 radical (unpaired) electrons. The predicted octanol–water partition coefficient (Wildman–Crippen LogP) is 4.52. The molecule has 134 valence electrons. The molecule has 1 aromatic heterocycles. The monoisotopic (exact) mass is 348 g/mol. The van der Waals surface area contributed by atoms with Crippen LogP contribution in [-0.2, 0) is 4.79 Å². The van der Waals surface area contributed by atoms with Gasteiger partial charge in [-0.05, 0) is 56.0 Å². The first-order valence-electron chi connectivity index (χ1n) is 8.91. The van der Waals surface area contributed by atoms with Crippen molar-refractivity contribution in [3.05, 3.63) is 75.6 Å². The highest BCUT2D eigenvalue weighted by molar-refractivity contribution is 5.95. The van der Waals surface area contributed by atoms with E-state index in [1.165, 1.54) is 0 Å². The van der Waals surface area contributed by atoms with Gasteiger partial charge in [0.2, 0.25) is 5.91 Å². The number of nitrogens with one attached hydrogen (secondary N) is 1. The molecule has 0 saturated heterocycles. The van der Waals surface area contributed by atoms with Crippen LogP contribution in [-0.4, -0.2) is 10.5 Å². The number of hydrogen-bond acceptors (Lipinski definition) is 2. The van der Waals surface area contributed by atoms with Gasteiger partial charge in [0.25, 0.3) is 5.56 Å². The number of aryl methyl sites for hydroxylation is 3. The van der Waals surface area contributed by atoms with Crippen LogP contribution in [0.25, 0.3) is 10.9 Å². The van der Waals surface area contributed by atoms with Gasteiger partial charge in [-0.25, -0.2) is 0 Å². The number of carbonyl (C=O) groups excluding carboxylic acids is 1. The number of para-hydroxylation sites is 1. The molecular weight excluding hydrogens is 324 g/mol. The van der Waals surface area contributed by atoms with Gasteiger partial charge in [0.1, 0.15) is 6.04 Å². The summed E-state index contributed by atoms with van der Waals surface area (Å²) in [5, 5.41) is 4.00. The first-order valence-corrected chi connectivity index (χ1v) is 8.91. The number of anilines is 1. The summed E-state index contributed by atoms with van der Waals surface area (Å²) in [5.74, 6) is -0.169. The molecule has 3 rings (SSSR count). The molecule has 1 atom stereocenters. The van der Waals surface area contributed by atoms with E-state index >= 15 is 0 Å². The zero-order valence-corrected chi connectivity index (χ0v) is 15.7. The maximum absolute atomic E-state index is 13.0. The predicted molar refractivity (Wildman–Crippen MR) is 107 cm³/mol. The minimum atomic E-state index is -0.562. The zero-order chi connectivity index (χ0) is 18.8. The molecule has 0 aliphatic rings. The minimum Gasteiger partial charge on any atom is -0.324 e. The number of fused-ring (bicyclic) bond motifs is 1. The quantitative estimate of drug-likeness (QED) is 0.754. The second-order valence-corrected chi connectivity index (χ2v) is 6.78. The number of rotatable bonds is 4. The second-order valence-electron chi connectivity index (χ2n) is 6.78. The van der Waals surface area contributed by atoms with Crippen molar-refractivity contribution in [3.63, 3.8) is 0 Å². The lowest BCUT2D eigenvalue weighted by atomic mass is 10.1. The molecule has 4 nitrogen and oxygen atoms in total. The first-order chi connectivity index (χ1) is 12.4. The van der Waals surface area contributed by atoms with Crippen LogP contribution in [0.4, 0.5) is 5.69 Å². The summed E-state index contributed by atoms with van der Waals surface area (Å²) in [6, 6.07) is 14.7. The van der Waals surface area contributed by atoms with Crippen molar-refractivity contribution < 1.29 is 4.79 Å². The van der Waals surface area contributed by atoms with Gasteiger partial charge in [0.15, 0.2) is 0 Å². The number of aromatic nitrogens is 1. The van der Waals surface area contributed by atoms with E-state index < -0.39 is 6.04 Å². The number of hydrogen-bond donors (Lipinski definition) is 1. The Morgan fingerprint density at radius 3 is 2.50 bits per heavy atom. The summed E-state index contributed by atoms with van der Waals surface area (Å²) in [6.45, 7) is 7.80. The first kappa shape index (κ1) is 17.9. The molecule has 0 bridgehead atoms. The van der Waals surface area contributed by atoms with Crippen LogP contribution in [0.3, 0.4) is 0 Å². The van der Waals surface area contributed by atoms with Gasteiger partial charge in [0.05, 0.1) is 5.52 Å². The van der Waals surface area contributed by atoms with Gasteiger partial charge in [-0.15, -0.1) is 0 Å². The molecule has 0 aliphatic carbocycles. The Morgan fingerprint density at radius 1 is 1.04 bits per heavy atom. The molecule has 0 aliphatic heterocycles. The van der Waals surface area contributed by atoms with Crippen LogP contribution in [0.15, 0.2) is 53.3 Å². The topological polar surface area (TPSA) is 51.1 Å². The van der Waals surface area contributed by atoms with E-state index in [9.17, 15) is 9.59 Å². The van der Waals surface area contributed by atoms with E-state index in [0.717, 1.165) is 33.3 Å². The smallest absolute Gasteiger partial charge is 0.252 e. The standard InChI is InChI=1S/C22H24N2O2/c1-5-19(22(26)23-18-12-14(2)10-11-15(18)3)24-20-9-7-6-8-17(20)16(4)13-21(24)25/h6-13,19H,5H2,1-4H3,(H,23,26). The summed E-state index contributed by atoms with van der Waals surface area (Å²) in [6.07, 6.45) is 0.531. The molecule has 1 N–H and O–H groups in total. The number of nitrogens with zero attached hydrogens (tertiary/aromatic N) is 1. The van der Waals surface area contributed by atoms with E-state index in [2.05, 4.69) is 5.32 Å². The molecule has 0 fully saturated rings. The summed E-state index contributed by atoms with van der Waals surface area (Å²) in [7, 11) is 0. The van der Waals surface area contributed by atoms with Gasteiger partial charge >= 0.3 is 0 Å². The highest BCUT2D eigenvalue weighted by Gasteiger charge is 2.22. The normalized spacial score (nSPS) is 12.2. The molecule has 3 aromatic rings. The van der Waals surface area contributed by atoms with Crippen LogP contribution in [0.1, 0.15) is 36.1 Å². The highest BCUT2D eigenvalue weighted by Crippen LogP contribution is 2.23. The van der Waals surface area contributed by atoms with Crippen molar-refractivity contribution >= 4 is 22.5 Å². The summed E-state index contributed by atoms with van der Waals surface area (Å²) in [5.41, 5.74) is 4.44. The Morgan fingerprint density at radius 2 is 1.77 bits per heavy atom. The van der Waals surface area contributed by atoms with Crippen LogP contribution in [0.5, 0.6) is 0 Å². The number of carbonyl (C=O) groups is 1. The largest absolute Gasteiger partial charge is 0.324 e. The van der Waals surface area contributed by atoms with Gasteiger partial charge in [-0.2, -0.15) is 0 Å². The van der Waals surface area contributed by atoms with Crippen molar-refractivity contribution in [2.45, 2.75) is 40.2 Å². The van der Waals surface area contributed by atoms with Gasteiger partial charge in [0, 0.05) is 17.1 Å². The molecule has 2 aromatic carbocycles. The average molecular weight is 348 g/mol. The highest BCUT2D eigenvalue weighted by atomic mass is 16.2. The molecular formula is C22H24N2O2. The molecule has 26 heavy (non-hydrogen) atoms. The van der Waals surface area contributed by atoms with E-state index in [-0.39, 0.29) is 11.5 Å². The fourth-order valence-corrected chi connectivity index (χ4v) is 3.36. The Bertz CT molecular complexity index is 1030. The van der Waals surface area contributed by atoms with Gasteiger partial charge in [-0.3, -0.25) is 14.2 Å². The van der Waals surface area contributed by atoms with Crippen LogP contribution >= 0.6 is 0 Å². The van der Waals surface area contributed by atoms with E-state index in [0.29, 0.717) is 6.42 Å². The summed E-state index contributed by atoms with van der Waals surface area (Å²) >= 11 is 0. The van der Waals surface area contributed by atoms with Gasteiger partial charge < -0.3 is 5.32 Å². The number of benzene rings is 2. The Hall–Kier alpha value is -2.88. The van der Waals surface area contributed by atoms with Crippen molar-refractivity contribution in [2.24, 2.45) is 0 Å². The van der Waals surface area contributed by atoms with Crippen molar-refractivity contribution in [1.29, 1.82) is 0 Å². The van der Waals surface area contributed by atoms with Crippen LogP contribution in [0, 0.1) is 20.8 Å². The number of pyridine rings is 1. The fraction of sp³-hybridized carbons (Fsp3) is 0.273. The lowest BCUT2D eigenvalue weighted by Gasteiger charge is -2.21.